The predicted molar refractivity (Wildman–Crippen MR) is 63.8 cm³/mol. The summed E-state index contributed by atoms with van der Waals surface area (Å²) >= 11 is 7.54. The molecular weight excluding hydrogens is 228 g/mol. The molecule has 0 saturated heterocycles. The molecule has 0 aliphatic carbocycles. The van der Waals surface area contributed by atoms with Gasteiger partial charge >= 0.3 is 0 Å². The van der Waals surface area contributed by atoms with Crippen LogP contribution in [0.15, 0.2) is 41.1 Å². The van der Waals surface area contributed by atoms with Crippen molar-refractivity contribution in [2.45, 2.75) is 6.42 Å². The standard InChI is InChI=1S/C12H9ClOS/c13-11-4-2-1-3-10(11)12(14)7-9-5-6-15-8-9/h1-6,8H,7H2. The first kappa shape index (κ1) is 10.4. The molecule has 0 spiro atoms. The largest absolute Gasteiger partial charge is 0.294 e. The molecule has 0 unspecified atom stereocenters. The van der Waals surface area contributed by atoms with Gasteiger partial charge in [0.15, 0.2) is 5.78 Å². The Balaban J connectivity index is 2.19. The average molecular weight is 237 g/mol. The van der Waals surface area contributed by atoms with E-state index in [1.54, 1.807) is 23.5 Å². The van der Waals surface area contributed by atoms with Gasteiger partial charge in [0.1, 0.15) is 0 Å². The van der Waals surface area contributed by atoms with Crippen LogP contribution in [-0.2, 0) is 6.42 Å². The van der Waals surface area contributed by atoms with E-state index >= 15 is 0 Å². The van der Waals surface area contributed by atoms with Crippen molar-refractivity contribution in [3.05, 3.63) is 57.2 Å². The Morgan fingerprint density at radius 3 is 2.73 bits per heavy atom. The highest BCUT2D eigenvalue weighted by Gasteiger charge is 2.10. The highest BCUT2D eigenvalue weighted by molar-refractivity contribution is 7.08. The summed E-state index contributed by atoms with van der Waals surface area (Å²) in [7, 11) is 0. The van der Waals surface area contributed by atoms with Crippen LogP contribution in [0.2, 0.25) is 5.02 Å². The van der Waals surface area contributed by atoms with E-state index in [0.29, 0.717) is 17.0 Å². The SMILES string of the molecule is O=C(Cc1ccsc1)c1ccccc1Cl. The van der Waals surface area contributed by atoms with Crippen LogP contribution < -0.4 is 0 Å². The highest BCUT2D eigenvalue weighted by atomic mass is 35.5. The molecule has 76 valence electrons. The van der Waals surface area contributed by atoms with Crippen LogP contribution in [0.5, 0.6) is 0 Å². The zero-order valence-electron chi connectivity index (χ0n) is 7.94. The third-order valence-corrected chi connectivity index (χ3v) is 3.18. The summed E-state index contributed by atoms with van der Waals surface area (Å²) < 4.78 is 0. The maximum Gasteiger partial charge on any atom is 0.168 e. The van der Waals surface area contributed by atoms with Crippen molar-refractivity contribution < 1.29 is 4.79 Å². The average Bonchev–Trinajstić information content (AvgIpc) is 2.71. The third-order valence-electron chi connectivity index (χ3n) is 2.12. The van der Waals surface area contributed by atoms with E-state index in [2.05, 4.69) is 0 Å². The van der Waals surface area contributed by atoms with Gasteiger partial charge in [-0.2, -0.15) is 11.3 Å². The zero-order chi connectivity index (χ0) is 10.7. The summed E-state index contributed by atoms with van der Waals surface area (Å²) in [5.74, 6) is 0.0685. The number of halogens is 1. The molecule has 1 aromatic heterocycles. The summed E-state index contributed by atoms with van der Waals surface area (Å²) in [6.45, 7) is 0. The van der Waals surface area contributed by atoms with Crippen LogP contribution in [0, 0.1) is 0 Å². The Bertz CT molecular complexity index is 462. The molecule has 1 aromatic carbocycles. The van der Waals surface area contributed by atoms with Gasteiger partial charge in [0.05, 0.1) is 5.02 Å². The molecule has 1 nitrogen and oxygen atoms in total. The molecule has 1 heterocycles. The number of hydrogen-bond acceptors (Lipinski definition) is 2. The fourth-order valence-electron chi connectivity index (χ4n) is 1.36. The van der Waals surface area contributed by atoms with Crippen molar-refractivity contribution in [1.29, 1.82) is 0 Å². The van der Waals surface area contributed by atoms with Crippen molar-refractivity contribution in [2.75, 3.05) is 0 Å². The first-order chi connectivity index (χ1) is 7.27. The number of hydrogen-bond donors (Lipinski definition) is 0. The van der Waals surface area contributed by atoms with Gasteiger partial charge in [0, 0.05) is 12.0 Å². The summed E-state index contributed by atoms with van der Waals surface area (Å²) in [4.78, 5) is 11.9. The van der Waals surface area contributed by atoms with Crippen LogP contribution in [0.4, 0.5) is 0 Å². The second kappa shape index (κ2) is 4.60. The maximum atomic E-state index is 11.9. The molecule has 0 fully saturated rings. The van der Waals surface area contributed by atoms with Gasteiger partial charge in [0.2, 0.25) is 0 Å². The fourth-order valence-corrected chi connectivity index (χ4v) is 2.27. The summed E-state index contributed by atoms with van der Waals surface area (Å²) in [6, 6.07) is 9.11. The van der Waals surface area contributed by atoms with E-state index in [0.717, 1.165) is 5.56 Å². The number of thiophene rings is 1. The minimum Gasteiger partial charge on any atom is -0.294 e. The topological polar surface area (TPSA) is 17.1 Å². The van der Waals surface area contributed by atoms with Gasteiger partial charge in [-0.1, -0.05) is 23.7 Å². The second-order valence-electron chi connectivity index (χ2n) is 3.21. The first-order valence-corrected chi connectivity index (χ1v) is 5.88. The molecule has 0 aliphatic rings. The number of rotatable bonds is 3. The molecule has 0 amide bonds. The van der Waals surface area contributed by atoms with E-state index in [1.165, 1.54) is 0 Å². The lowest BCUT2D eigenvalue weighted by molar-refractivity contribution is 0.0993. The van der Waals surface area contributed by atoms with E-state index in [4.69, 9.17) is 11.6 Å². The Morgan fingerprint density at radius 2 is 2.07 bits per heavy atom. The van der Waals surface area contributed by atoms with Gasteiger partial charge in [-0.15, -0.1) is 0 Å². The Labute approximate surface area is 97.3 Å². The number of carbonyl (C=O) groups is 1. The van der Waals surface area contributed by atoms with Crippen LogP contribution >= 0.6 is 22.9 Å². The summed E-state index contributed by atoms with van der Waals surface area (Å²) in [6.07, 6.45) is 0.424. The lowest BCUT2D eigenvalue weighted by Gasteiger charge is -2.01. The van der Waals surface area contributed by atoms with E-state index in [9.17, 15) is 4.79 Å². The molecule has 0 aliphatic heterocycles. The minimum atomic E-state index is 0.0685. The van der Waals surface area contributed by atoms with Gasteiger partial charge in [-0.25, -0.2) is 0 Å². The van der Waals surface area contributed by atoms with Crippen LogP contribution in [0.1, 0.15) is 15.9 Å². The lowest BCUT2D eigenvalue weighted by Crippen LogP contribution is -2.03. The number of ketones is 1. The normalized spacial score (nSPS) is 10.2. The van der Waals surface area contributed by atoms with Gasteiger partial charge in [-0.05, 0) is 34.5 Å². The van der Waals surface area contributed by atoms with Gasteiger partial charge in [0.25, 0.3) is 0 Å². The van der Waals surface area contributed by atoms with Gasteiger partial charge in [-0.3, -0.25) is 4.79 Å². The van der Waals surface area contributed by atoms with Crippen LogP contribution in [0.25, 0.3) is 0 Å². The molecule has 3 heteroatoms. The Morgan fingerprint density at radius 1 is 1.27 bits per heavy atom. The third kappa shape index (κ3) is 2.46. The fraction of sp³-hybridized carbons (Fsp3) is 0.0833. The summed E-state index contributed by atoms with van der Waals surface area (Å²) in [5, 5.41) is 4.47. The quantitative estimate of drug-likeness (QED) is 0.741. The van der Waals surface area contributed by atoms with Crippen molar-refractivity contribution in [3.63, 3.8) is 0 Å². The number of benzene rings is 1. The van der Waals surface area contributed by atoms with E-state index in [1.807, 2.05) is 29.0 Å². The number of carbonyl (C=O) groups excluding carboxylic acids is 1. The highest BCUT2D eigenvalue weighted by Crippen LogP contribution is 2.18. The van der Waals surface area contributed by atoms with Crippen molar-refractivity contribution in [2.24, 2.45) is 0 Å². The van der Waals surface area contributed by atoms with Crippen LogP contribution in [0.3, 0.4) is 0 Å². The molecule has 0 saturated carbocycles. The molecule has 0 N–H and O–H groups in total. The molecule has 0 atom stereocenters. The van der Waals surface area contributed by atoms with Crippen LogP contribution in [-0.4, -0.2) is 5.78 Å². The van der Waals surface area contributed by atoms with E-state index < -0.39 is 0 Å². The Hall–Kier alpha value is -1.12. The summed E-state index contributed by atoms with van der Waals surface area (Å²) in [5.41, 5.74) is 1.65. The molecule has 2 aromatic rings. The molecule has 15 heavy (non-hydrogen) atoms. The molecule has 0 bridgehead atoms. The van der Waals surface area contributed by atoms with Crippen molar-refractivity contribution >= 4 is 28.7 Å². The lowest BCUT2D eigenvalue weighted by atomic mass is 10.1. The zero-order valence-corrected chi connectivity index (χ0v) is 9.52. The Kier molecular flexibility index (Phi) is 3.19. The van der Waals surface area contributed by atoms with E-state index in [-0.39, 0.29) is 5.78 Å². The van der Waals surface area contributed by atoms with Gasteiger partial charge < -0.3 is 0 Å². The number of Topliss-reactive ketones (excluding diaryl/α,β-unsaturated/α-hetero) is 1. The smallest absolute Gasteiger partial charge is 0.168 e. The molecule has 0 radical (unpaired) electrons. The first-order valence-electron chi connectivity index (χ1n) is 4.56. The minimum absolute atomic E-state index is 0.0685. The van der Waals surface area contributed by atoms with Crippen molar-refractivity contribution in [1.82, 2.24) is 0 Å². The van der Waals surface area contributed by atoms with Crippen molar-refractivity contribution in [3.8, 4) is 0 Å². The maximum absolute atomic E-state index is 11.9. The molecular formula is C12H9ClOS. The predicted octanol–water partition coefficient (Wildman–Crippen LogP) is 3.83. The monoisotopic (exact) mass is 236 g/mol. The second-order valence-corrected chi connectivity index (χ2v) is 4.40. The molecule has 2 rings (SSSR count).